The van der Waals surface area contributed by atoms with Crippen molar-refractivity contribution in [3.05, 3.63) is 52.8 Å². The highest BCUT2D eigenvalue weighted by molar-refractivity contribution is 7.13. The van der Waals surface area contributed by atoms with Crippen molar-refractivity contribution >= 4 is 39.9 Å². The van der Waals surface area contributed by atoms with Gasteiger partial charge in [-0.2, -0.15) is 0 Å². The maximum absolute atomic E-state index is 12.1. The number of hydrogen-bond donors (Lipinski definition) is 1. The summed E-state index contributed by atoms with van der Waals surface area (Å²) in [6.45, 7) is 4.38. The van der Waals surface area contributed by atoms with Crippen LogP contribution in [0.1, 0.15) is 35.9 Å². The molecule has 1 aliphatic carbocycles. The fourth-order valence-corrected chi connectivity index (χ4v) is 4.51. The Labute approximate surface area is 213 Å². The maximum atomic E-state index is 12.1. The summed E-state index contributed by atoms with van der Waals surface area (Å²) in [5.41, 5.74) is 4.26. The van der Waals surface area contributed by atoms with E-state index in [9.17, 15) is 18.4 Å². The molecular weight excluding hydrogens is 488 g/mol. The van der Waals surface area contributed by atoms with Crippen molar-refractivity contribution in [2.75, 3.05) is 56.7 Å². The van der Waals surface area contributed by atoms with Crippen LogP contribution in [-0.2, 0) is 9.53 Å². The van der Waals surface area contributed by atoms with Crippen molar-refractivity contribution in [2.24, 2.45) is 0 Å². The zero-order valence-electron chi connectivity index (χ0n) is 20.5. The minimum absolute atomic E-state index is 0.124. The third-order valence-corrected chi connectivity index (χ3v) is 6.59. The van der Waals surface area contributed by atoms with Gasteiger partial charge in [0.1, 0.15) is 12.3 Å². The van der Waals surface area contributed by atoms with Crippen LogP contribution in [0, 0.1) is 0 Å². The Bertz CT molecular complexity index is 1060. The van der Waals surface area contributed by atoms with Gasteiger partial charge >= 0.3 is 0 Å². The molecule has 1 aliphatic heterocycles. The highest BCUT2D eigenvalue weighted by atomic mass is 32.1. The molecule has 1 fully saturated rings. The second kappa shape index (κ2) is 13.8. The molecule has 11 heteroatoms. The summed E-state index contributed by atoms with van der Waals surface area (Å²) in [6.07, 6.45) is 6.01. The number of anilines is 2. The van der Waals surface area contributed by atoms with Crippen LogP contribution >= 0.6 is 11.3 Å². The van der Waals surface area contributed by atoms with Gasteiger partial charge in [0.25, 0.3) is 6.43 Å². The normalized spacial score (nSPS) is 15.6. The third kappa shape index (κ3) is 7.92. The number of nitrogens with one attached hydrogen (secondary N) is 1. The van der Waals surface area contributed by atoms with Crippen LogP contribution in [0.25, 0.3) is 5.57 Å². The summed E-state index contributed by atoms with van der Waals surface area (Å²) in [6, 6.07) is 3.60. The minimum atomic E-state index is -2.42. The lowest BCUT2D eigenvalue weighted by Gasteiger charge is -2.35. The molecular formula is C25H31F2N5O3S. The van der Waals surface area contributed by atoms with Crippen molar-refractivity contribution in [1.82, 2.24) is 14.9 Å². The van der Waals surface area contributed by atoms with Gasteiger partial charge in [-0.25, -0.2) is 13.8 Å². The zero-order valence-corrected chi connectivity index (χ0v) is 21.3. The molecule has 1 N–H and O–H groups in total. The van der Waals surface area contributed by atoms with Crippen LogP contribution in [0.2, 0.25) is 0 Å². The van der Waals surface area contributed by atoms with Gasteiger partial charge < -0.3 is 19.9 Å². The molecule has 36 heavy (non-hydrogen) atoms. The molecule has 0 unspecified atom stereocenters. The van der Waals surface area contributed by atoms with E-state index in [2.05, 4.69) is 26.3 Å². The highest BCUT2D eigenvalue weighted by Gasteiger charge is 2.19. The second-order valence-corrected chi connectivity index (χ2v) is 9.03. The molecule has 3 heterocycles. The standard InChI is InChI=1S/C13H16F2N2OS.C12H15N3O2/c1-16-13-17-11(8-19-13)10-5-3-2-4-9(10)6-18-7-12(14)15;1-10(17)14-4-6-15(7-5-14)12-3-2-11(9-16)13-8-12/h4-5,8,12H,2-3,6-7H2,1H3,(H,16,17);2-3,8-9H,4-7H2,1H3. The first kappa shape index (κ1) is 27.4. The number of hydrogen-bond acceptors (Lipinski definition) is 8. The number of amides is 1. The molecule has 0 atom stereocenters. The Morgan fingerprint density at radius 3 is 2.56 bits per heavy atom. The minimum Gasteiger partial charge on any atom is -0.371 e. The number of thiazole rings is 1. The third-order valence-electron chi connectivity index (χ3n) is 5.73. The number of aromatic nitrogens is 2. The van der Waals surface area contributed by atoms with E-state index >= 15 is 0 Å². The molecule has 2 aromatic heterocycles. The first-order valence-electron chi connectivity index (χ1n) is 11.7. The molecule has 4 rings (SSSR count). The van der Waals surface area contributed by atoms with Crippen LogP contribution in [0.15, 0.2) is 41.4 Å². The average molecular weight is 520 g/mol. The lowest BCUT2D eigenvalue weighted by Crippen LogP contribution is -2.48. The SMILES string of the molecule is CC(=O)N1CCN(c2ccc(C=O)nc2)CC1.CNc1nc(C2=CCCC=C2COCC(F)F)cs1. The van der Waals surface area contributed by atoms with Crippen molar-refractivity contribution in [3.8, 4) is 0 Å². The summed E-state index contributed by atoms with van der Waals surface area (Å²) in [7, 11) is 1.82. The summed E-state index contributed by atoms with van der Waals surface area (Å²) in [4.78, 5) is 34.2. The monoisotopic (exact) mass is 519 g/mol. The fourth-order valence-electron chi connectivity index (χ4n) is 3.84. The van der Waals surface area contributed by atoms with Crippen molar-refractivity contribution in [3.63, 3.8) is 0 Å². The quantitative estimate of drug-likeness (QED) is 0.525. The van der Waals surface area contributed by atoms with Crippen LogP contribution in [0.3, 0.4) is 0 Å². The van der Waals surface area contributed by atoms with Crippen LogP contribution in [0.4, 0.5) is 19.6 Å². The van der Waals surface area contributed by atoms with Gasteiger partial charge in [-0.3, -0.25) is 14.6 Å². The van der Waals surface area contributed by atoms with Crippen molar-refractivity contribution in [1.29, 1.82) is 0 Å². The van der Waals surface area contributed by atoms with E-state index < -0.39 is 13.0 Å². The Morgan fingerprint density at radius 1 is 1.22 bits per heavy atom. The molecule has 0 bridgehead atoms. The molecule has 0 spiro atoms. The summed E-state index contributed by atoms with van der Waals surface area (Å²) in [5.74, 6) is 0.124. The first-order valence-corrected chi connectivity index (χ1v) is 12.6. The van der Waals surface area contributed by atoms with Crippen molar-refractivity contribution < 1.29 is 23.1 Å². The average Bonchev–Trinajstić information content (AvgIpc) is 3.38. The number of allylic oxidation sites excluding steroid dienone is 2. The molecule has 0 radical (unpaired) electrons. The zero-order chi connectivity index (χ0) is 25.9. The Hall–Kier alpha value is -3.18. The Kier molecular flexibility index (Phi) is 10.5. The largest absolute Gasteiger partial charge is 0.371 e. The smallest absolute Gasteiger partial charge is 0.261 e. The molecule has 1 amide bonds. The molecule has 0 aromatic carbocycles. The number of alkyl halides is 2. The van der Waals surface area contributed by atoms with Gasteiger partial charge in [-0.15, -0.1) is 11.3 Å². The van der Waals surface area contributed by atoms with E-state index in [-0.39, 0.29) is 12.5 Å². The van der Waals surface area contributed by atoms with Gasteiger partial charge in [-0.05, 0) is 30.5 Å². The van der Waals surface area contributed by atoms with Crippen molar-refractivity contribution in [2.45, 2.75) is 26.2 Å². The number of piperazine rings is 1. The molecule has 2 aromatic rings. The van der Waals surface area contributed by atoms with Crippen LogP contribution < -0.4 is 10.2 Å². The van der Waals surface area contributed by atoms with E-state index in [1.807, 2.05) is 29.5 Å². The number of halogens is 2. The lowest BCUT2D eigenvalue weighted by molar-refractivity contribution is -0.129. The van der Waals surface area contributed by atoms with E-state index in [4.69, 9.17) is 4.74 Å². The summed E-state index contributed by atoms with van der Waals surface area (Å²) >= 11 is 1.52. The van der Waals surface area contributed by atoms with E-state index in [0.717, 1.165) is 73.0 Å². The molecule has 2 aliphatic rings. The van der Waals surface area contributed by atoms with E-state index in [1.165, 1.54) is 11.3 Å². The van der Waals surface area contributed by atoms with Crippen LogP contribution in [0.5, 0.6) is 0 Å². The van der Waals surface area contributed by atoms with E-state index in [1.54, 1.807) is 19.2 Å². The highest BCUT2D eigenvalue weighted by Crippen LogP contribution is 2.30. The number of rotatable bonds is 8. The lowest BCUT2D eigenvalue weighted by atomic mass is 9.96. The van der Waals surface area contributed by atoms with Gasteiger partial charge in [-0.1, -0.05) is 12.2 Å². The Morgan fingerprint density at radius 2 is 1.97 bits per heavy atom. The predicted molar refractivity (Wildman–Crippen MR) is 138 cm³/mol. The number of aldehydes is 1. The topological polar surface area (TPSA) is 87.7 Å². The number of ether oxygens (including phenoxy) is 1. The summed E-state index contributed by atoms with van der Waals surface area (Å²) in [5, 5.41) is 5.79. The Balaban J connectivity index is 0.000000202. The molecule has 194 valence electrons. The van der Waals surface area contributed by atoms with Gasteiger partial charge in [0.05, 0.1) is 24.2 Å². The maximum Gasteiger partial charge on any atom is 0.261 e. The molecule has 8 nitrogen and oxygen atoms in total. The number of carbonyl (C=O) groups is 2. The number of nitrogens with zero attached hydrogens (tertiary/aromatic N) is 4. The van der Waals surface area contributed by atoms with Gasteiger partial charge in [0.2, 0.25) is 5.91 Å². The molecule has 1 saturated heterocycles. The summed E-state index contributed by atoms with van der Waals surface area (Å²) < 4.78 is 29.2. The van der Waals surface area contributed by atoms with Crippen LogP contribution in [-0.4, -0.2) is 79.9 Å². The number of carbonyl (C=O) groups excluding carboxylic acids is 2. The first-order chi connectivity index (χ1) is 17.4. The van der Waals surface area contributed by atoms with E-state index in [0.29, 0.717) is 5.69 Å². The molecule has 0 saturated carbocycles. The fraction of sp³-hybridized carbons (Fsp3) is 0.440. The second-order valence-electron chi connectivity index (χ2n) is 8.17. The predicted octanol–water partition coefficient (Wildman–Crippen LogP) is 4.13. The number of pyridine rings is 1. The van der Waals surface area contributed by atoms with Gasteiger partial charge in [0.15, 0.2) is 11.4 Å². The van der Waals surface area contributed by atoms with Gasteiger partial charge in [0, 0.05) is 51.1 Å².